The number of halogens is 2. The Hall–Kier alpha value is -1.25. The molecule has 1 fully saturated rings. The van der Waals surface area contributed by atoms with Crippen molar-refractivity contribution in [3.8, 4) is 0 Å². The van der Waals surface area contributed by atoms with Gasteiger partial charge in [0.15, 0.2) is 5.78 Å². The number of rotatable bonds is 2. The highest BCUT2D eigenvalue weighted by Gasteiger charge is 2.31. The summed E-state index contributed by atoms with van der Waals surface area (Å²) in [6.07, 6.45) is 3.59. The first kappa shape index (κ1) is 13.2. The van der Waals surface area contributed by atoms with Crippen molar-refractivity contribution < 1.29 is 13.6 Å². The van der Waals surface area contributed by atoms with E-state index in [-0.39, 0.29) is 22.7 Å². The van der Waals surface area contributed by atoms with Crippen LogP contribution >= 0.6 is 0 Å². The molecule has 18 heavy (non-hydrogen) atoms. The lowest BCUT2D eigenvalue weighted by atomic mass is 9.71. The van der Waals surface area contributed by atoms with E-state index in [2.05, 4.69) is 13.8 Å². The third kappa shape index (κ3) is 2.95. The summed E-state index contributed by atoms with van der Waals surface area (Å²) in [4.78, 5) is 12.2. The quantitative estimate of drug-likeness (QED) is 0.714. The molecule has 0 N–H and O–H groups in total. The van der Waals surface area contributed by atoms with Crippen LogP contribution in [-0.2, 0) is 0 Å². The van der Waals surface area contributed by atoms with Gasteiger partial charge in [-0.3, -0.25) is 4.79 Å². The molecule has 3 heteroatoms. The molecule has 0 spiro atoms. The molecule has 1 nitrogen and oxygen atoms in total. The molecule has 1 saturated carbocycles. The summed E-state index contributed by atoms with van der Waals surface area (Å²) in [6.45, 7) is 4.38. The molecular formula is C15H18F2O. The minimum Gasteiger partial charge on any atom is -0.294 e. The Bertz CT molecular complexity index is 435. The number of ketones is 1. The first-order valence-electron chi connectivity index (χ1n) is 6.38. The van der Waals surface area contributed by atoms with Gasteiger partial charge in [-0.15, -0.1) is 0 Å². The highest BCUT2D eigenvalue weighted by atomic mass is 19.1. The van der Waals surface area contributed by atoms with E-state index in [1.807, 2.05) is 0 Å². The summed E-state index contributed by atoms with van der Waals surface area (Å²) in [7, 11) is 0. The molecule has 98 valence electrons. The summed E-state index contributed by atoms with van der Waals surface area (Å²) in [6, 6.07) is 3.05. The van der Waals surface area contributed by atoms with Crippen molar-refractivity contribution in [3.05, 3.63) is 35.4 Å². The van der Waals surface area contributed by atoms with Crippen LogP contribution < -0.4 is 0 Å². The lowest BCUT2D eigenvalue weighted by Gasteiger charge is -2.33. The predicted molar refractivity (Wildman–Crippen MR) is 66.4 cm³/mol. The maximum Gasteiger partial charge on any atom is 0.166 e. The molecule has 0 aliphatic heterocycles. The van der Waals surface area contributed by atoms with Crippen LogP contribution in [0.4, 0.5) is 8.78 Å². The van der Waals surface area contributed by atoms with Crippen LogP contribution in [0.15, 0.2) is 18.2 Å². The van der Waals surface area contributed by atoms with Crippen molar-refractivity contribution in [1.82, 2.24) is 0 Å². The normalized spacial score (nSPS) is 19.8. The number of carbonyl (C=O) groups excluding carboxylic acids is 1. The van der Waals surface area contributed by atoms with E-state index < -0.39 is 11.6 Å². The molecule has 0 bridgehead atoms. The van der Waals surface area contributed by atoms with Crippen molar-refractivity contribution in [2.75, 3.05) is 0 Å². The van der Waals surface area contributed by atoms with E-state index in [1.54, 1.807) is 0 Å². The monoisotopic (exact) mass is 252 g/mol. The molecule has 0 atom stereocenters. The van der Waals surface area contributed by atoms with Crippen molar-refractivity contribution in [1.29, 1.82) is 0 Å². The Morgan fingerprint density at radius 2 is 1.61 bits per heavy atom. The van der Waals surface area contributed by atoms with Gasteiger partial charge in [0.25, 0.3) is 0 Å². The van der Waals surface area contributed by atoms with Crippen LogP contribution in [0.5, 0.6) is 0 Å². The fourth-order valence-electron chi connectivity index (χ4n) is 2.59. The Labute approximate surface area is 106 Å². The van der Waals surface area contributed by atoms with Crippen LogP contribution in [0.25, 0.3) is 0 Å². The number of hydrogen-bond donors (Lipinski definition) is 0. The van der Waals surface area contributed by atoms with Gasteiger partial charge in [-0.2, -0.15) is 0 Å². The van der Waals surface area contributed by atoms with Crippen LogP contribution in [-0.4, -0.2) is 5.78 Å². The zero-order valence-corrected chi connectivity index (χ0v) is 10.8. The van der Waals surface area contributed by atoms with Gasteiger partial charge in [0, 0.05) is 17.5 Å². The van der Waals surface area contributed by atoms with Crippen molar-refractivity contribution in [3.63, 3.8) is 0 Å². The zero-order chi connectivity index (χ0) is 13.3. The van der Waals surface area contributed by atoms with E-state index in [0.717, 1.165) is 43.9 Å². The molecular weight excluding hydrogens is 234 g/mol. The highest BCUT2D eigenvalue weighted by Crippen LogP contribution is 2.39. The standard InChI is InChI=1S/C15H18F2O/c1-15(2)5-3-10(4-6-15)14(18)11-7-12(16)9-13(17)8-11/h7-10H,3-6H2,1-2H3. The Kier molecular flexibility index (Phi) is 3.51. The molecule has 1 aromatic carbocycles. The zero-order valence-electron chi connectivity index (χ0n) is 10.8. The highest BCUT2D eigenvalue weighted by molar-refractivity contribution is 5.97. The summed E-state index contributed by atoms with van der Waals surface area (Å²) in [5, 5.41) is 0. The summed E-state index contributed by atoms with van der Waals surface area (Å²) < 4.78 is 26.2. The van der Waals surface area contributed by atoms with E-state index in [0.29, 0.717) is 0 Å². The fourth-order valence-corrected chi connectivity index (χ4v) is 2.59. The molecule has 0 heterocycles. The molecule has 1 aromatic rings. The van der Waals surface area contributed by atoms with Gasteiger partial charge in [-0.05, 0) is 43.2 Å². The van der Waals surface area contributed by atoms with Crippen LogP contribution in [0.3, 0.4) is 0 Å². The second-order valence-corrected chi connectivity index (χ2v) is 5.96. The molecule has 0 saturated heterocycles. The second-order valence-electron chi connectivity index (χ2n) is 5.96. The van der Waals surface area contributed by atoms with E-state index in [4.69, 9.17) is 0 Å². The van der Waals surface area contributed by atoms with E-state index in [9.17, 15) is 13.6 Å². The Balaban J connectivity index is 2.12. The third-order valence-electron chi connectivity index (χ3n) is 3.86. The summed E-state index contributed by atoms with van der Waals surface area (Å²) in [5.41, 5.74) is 0.446. The van der Waals surface area contributed by atoms with Crippen molar-refractivity contribution in [2.45, 2.75) is 39.5 Å². The van der Waals surface area contributed by atoms with Crippen LogP contribution in [0.2, 0.25) is 0 Å². The smallest absolute Gasteiger partial charge is 0.166 e. The maximum atomic E-state index is 13.1. The minimum absolute atomic E-state index is 0.0841. The van der Waals surface area contributed by atoms with Gasteiger partial charge in [0.1, 0.15) is 11.6 Å². The lowest BCUT2D eigenvalue weighted by molar-refractivity contribution is 0.0837. The minimum atomic E-state index is -0.686. The molecule has 0 aromatic heterocycles. The third-order valence-corrected chi connectivity index (χ3v) is 3.86. The number of carbonyl (C=O) groups is 1. The second kappa shape index (κ2) is 4.79. The van der Waals surface area contributed by atoms with Gasteiger partial charge in [0.2, 0.25) is 0 Å². The first-order valence-corrected chi connectivity index (χ1v) is 6.38. The Morgan fingerprint density at radius 3 is 2.11 bits per heavy atom. The molecule has 0 radical (unpaired) electrons. The number of hydrogen-bond acceptors (Lipinski definition) is 1. The van der Waals surface area contributed by atoms with Gasteiger partial charge in [-0.1, -0.05) is 13.8 Å². The molecule has 0 amide bonds. The van der Waals surface area contributed by atoms with Crippen molar-refractivity contribution in [2.24, 2.45) is 11.3 Å². The molecule has 0 unspecified atom stereocenters. The lowest BCUT2D eigenvalue weighted by Crippen LogP contribution is -2.26. The Morgan fingerprint density at radius 1 is 1.11 bits per heavy atom. The van der Waals surface area contributed by atoms with Crippen LogP contribution in [0.1, 0.15) is 49.9 Å². The van der Waals surface area contributed by atoms with Gasteiger partial charge in [-0.25, -0.2) is 8.78 Å². The SMILES string of the molecule is CC1(C)CCC(C(=O)c2cc(F)cc(F)c2)CC1. The van der Waals surface area contributed by atoms with Gasteiger partial charge in [0.05, 0.1) is 0 Å². The topological polar surface area (TPSA) is 17.1 Å². The van der Waals surface area contributed by atoms with Crippen molar-refractivity contribution >= 4 is 5.78 Å². The van der Waals surface area contributed by atoms with Gasteiger partial charge >= 0.3 is 0 Å². The van der Waals surface area contributed by atoms with Crippen LogP contribution in [0, 0.1) is 23.0 Å². The molecule has 1 aliphatic rings. The number of benzene rings is 1. The fraction of sp³-hybridized carbons (Fsp3) is 0.533. The summed E-state index contributed by atoms with van der Waals surface area (Å²) >= 11 is 0. The average Bonchev–Trinajstić information content (AvgIpc) is 2.27. The number of Topliss-reactive ketones (excluding diaryl/α,β-unsaturated/α-hetero) is 1. The first-order chi connectivity index (χ1) is 8.37. The average molecular weight is 252 g/mol. The van der Waals surface area contributed by atoms with E-state index in [1.165, 1.54) is 0 Å². The predicted octanol–water partition coefficient (Wildman–Crippen LogP) is 4.36. The maximum absolute atomic E-state index is 13.1. The molecule has 1 aliphatic carbocycles. The van der Waals surface area contributed by atoms with E-state index >= 15 is 0 Å². The molecule has 2 rings (SSSR count). The summed E-state index contributed by atoms with van der Waals surface area (Å²) in [5.74, 6) is -1.58. The largest absolute Gasteiger partial charge is 0.294 e. The van der Waals surface area contributed by atoms with Gasteiger partial charge < -0.3 is 0 Å².